The van der Waals surface area contributed by atoms with E-state index in [-0.39, 0.29) is 12.6 Å². The van der Waals surface area contributed by atoms with Crippen LogP contribution >= 0.6 is 0 Å². The number of benzene rings is 1. The maximum atomic E-state index is 12.0. The van der Waals surface area contributed by atoms with Crippen LogP contribution in [0.4, 0.5) is 5.69 Å². The maximum Gasteiger partial charge on any atom is 0.334 e. The van der Waals surface area contributed by atoms with E-state index >= 15 is 0 Å². The summed E-state index contributed by atoms with van der Waals surface area (Å²) in [5.74, 6) is 0.0143. The summed E-state index contributed by atoms with van der Waals surface area (Å²) in [4.78, 5) is 11.9. The van der Waals surface area contributed by atoms with Crippen LogP contribution in [0.2, 0.25) is 0 Å². The summed E-state index contributed by atoms with van der Waals surface area (Å²) in [5.41, 5.74) is 1.46. The van der Waals surface area contributed by atoms with Gasteiger partial charge in [0.25, 0.3) is 0 Å². The van der Waals surface area contributed by atoms with Crippen LogP contribution in [-0.2, 0) is 19.7 Å². The zero-order chi connectivity index (χ0) is 17.0. The Hall–Kier alpha value is -2.06. The van der Waals surface area contributed by atoms with Crippen molar-refractivity contribution in [3.05, 3.63) is 29.3 Å². The molecule has 1 heterocycles. The summed E-state index contributed by atoms with van der Waals surface area (Å²) in [6.07, 6.45) is 2.07. The Morgan fingerprint density at radius 2 is 2.13 bits per heavy atom. The van der Waals surface area contributed by atoms with Crippen molar-refractivity contribution in [2.24, 2.45) is 0 Å². The van der Waals surface area contributed by atoms with Crippen LogP contribution in [0.1, 0.15) is 18.9 Å². The lowest BCUT2D eigenvalue weighted by Crippen LogP contribution is -2.29. The molecule has 1 aliphatic rings. The Balaban J connectivity index is 2.39. The van der Waals surface area contributed by atoms with Crippen molar-refractivity contribution in [3.63, 3.8) is 0 Å². The minimum Gasteiger partial charge on any atom is -0.490 e. The van der Waals surface area contributed by atoms with Gasteiger partial charge in [-0.2, -0.15) is 12.7 Å². The predicted molar refractivity (Wildman–Crippen MR) is 87.4 cm³/mol. The fourth-order valence-electron chi connectivity index (χ4n) is 2.05. The van der Waals surface area contributed by atoms with E-state index in [0.29, 0.717) is 35.6 Å². The molecule has 0 bridgehead atoms. The van der Waals surface area contributed by atoms with Crippen LogP contribution in [-0.4, -0.2) is 46.0 Å². The first kappa shape index (κ1) is 17.3. The summed E-state index contributed by atoms with van der Waals surface area (Å²) in [6, 6.07) is 5.07. The molecule has 1 N–H and O–H groups in total. The molecule has 0 aliphatic carbocycles. The number of carbonyl (C=O) groups is 1. The first-order valence-electron chi connectivity index (χ1n) is 7.19. The number of esters is 1. The highest BCUT2D eigenvalue weighted by Gasteiger charge is 2.21. The SMILES string of the molecule is CCOC(=O)C1=Cc2cccc(NS(=O)(=O)N(C)C)c2OCC1. The van der Waals surface area contributed by atoms with Crippen molar-refractivity contribution in [2.45, 2.75) is 13.3 Å². The fourth-order valence-corrected chi connectivity index (χ4v) is 2.67. The average Bonchev–Trinajstić information content (AvgIpc) is 2.70. The summed E-state index contributed by atoms with van der Waals surface area (Å²) in [5, 5.41) is 0. The van der Waals surface area contributed by atoms with Gasteiger partial charge < -0.3 is 9.47 Å². The molecule has 1 aromatic carbocycles. The Kier molecular flexibility index (Phi) is 5.27. The molecule has 23 heavy (non-hydrogen) atoms. The predicted octanol–water partition coefficient (Wildman–Crippen LogP) is 1.63. The largest absolute Gasteiger partial charge is 0.490 e. The fraction of sp³-hybridized carbons (Fsp3) is 0.400. The molecule has 0 saturated heterocycles. The van der Waals surface area contributed by atoms with Gasteiger partial charge in [0.15, 0.2) is 5.75 Å². The highest BCUT2D eigenvalue weighted by molar-refractivity contribution is 7.90. The van der Waals surface area contributed by atoms with Crippen LogP contribution in [0.25, 0.3) is 6.08 Å². The number of para-hydroxylation sites is 1. The van der Waals surface area contributed by atoms with Crippen molar-refractivity contribution >= 4 is 27.9 Å². The monoisotopic (exact) mass is 340 g/mol. The third kappa shape index (κ3) is 4.02. The van der Waals surface area contributed by atoms with E-state index in [0.717, 1.165) is 4.31 Å². The number of anilines is 1. The molecule has 1 aromatic rings. The first-order valence-corrected chi connectivity index (χ1v) is 8.63. The Morgan fingerprint density at radius 3 is 2.78 bits per heavy atom. The van der Waals surface area contributed by atoms with Gasteiger partial charge in [0.05, 0.1) is 18.9 Å². The molecular weight excluding hydrogens is 320 g/mol. The number of nitrogens with one attached hydrogen (secondary N) is 1. The number of carbonyl (C=O) groups excluding carboxylic acids is 1. The van der Waals surface area contributed by atoms with Crippen molar-refractivity contribution in [2.75, 3.05) is 32.0 Å². The minimum atomic E-state index is -3.64. The summed E-state index contributed by atoms with van der Waals surface area (Å²) in [6.45, 7) is 2.30. The Labute approximate surface area is 136 Å². The molecule has 0 fully saturated rings. The van der Waals surface area contributed by atoms with E-state index in [1.54, 1.807) is 31.2 Å². The molecule has 126 valence electrons. The molecule has 7 nitrogen and oxygen atoms in total. The lowest BCUT2D eigenvalue weighted by Gasteiger charge is -2.17. The molecule has 2 rings (SSSR count). The molecule has 0 unspecified atom stereocenters. The first-order chi connectivity index (χ1) is 10.8. The lowest BCUT2D eigenvalue weighted by atomic mass is 10.1. The zero-order valence-corrected chi connectivity index (χ0v) is 14.1. The number of ether oxygens (including phenoxy) is 2. The quantitative estimate of drug-likeness (QED) is 0.824. The summed E-state index contributed by atoms with van der Waals surface area (Å²) in [7, 11) is -0.776. The normalized spacial score (nSPS) is 14.3. The molecule has 0 atom stereocenters. The van der Waals surface area contributed by atoms with E-state index < -0.39 is 10.2 Å². The summed E-state index contributed by atoms with van der Waals surface area (Å²) < 4.78 is 38.2. The molecule has 0 aromatic heterocycles. The second-order valence-electron chi connectivity index (χ2n) is 5.10. The number of hydrogen-bond acceptors (Lipinski definition) is 5. The second-order valence-corrected chi connectivity index (χ2v) is 6.99. The van der Waals surface area contributed by atoms with Gasteiger partial charge >= 0.3 is 16.2 Å². The Morgan fingerprint density at radius 1 is 1.39 bits per heavy atom. The van der Waals surface area contributed by atoms with Gasteiger partial charge in [-0.3, -0.25) is 4.72 Å². The van der Waals surface area contributed by atoms with Gasteiger partial charge in [-0.05, 0) is 19.1 Å². The molecule has 1 aliphatic heterocycles. The third-order valence-electron chi connectivity index (χ3n) is 3.25. The van der Waals surface area contributed by atoms with Crippen molar-refractivity contribution in [3.8, 4) is 5.75 Å². The van der Waals surface area contributed by atoms with Crippen LogP contribution < -0.4 is 9.46 Å². The van der Waals surface area contributed by atoms with Crippen LogP contribution in [0.3, 0.4) is 0 Å². The molecule has 0 radical (unpaired) electrons. The molecule has 0 spiro atoms. The van der Waals surface area contributed by atoms with Crippen molar-refractivity contribution in [1.29, 1.82) is 0 Å². The minimum absolute atomic E-state index is 0.262. The molecule has 8 heteroatoms. The average molecular weight is 340 g/mol. The van der Waals surface area contributed by atoms with E-state index in [1.807, 2.05) is 0 Å². The van der Waals surface area contributed by atoms with Crippen LogP contribution in [0, 0.1) is 0 Å². The van der Waals surface area contributed by atoms with E-state index in [4.69, 9.17) is 9.47 Å². The lowest BCUT2D eigenvalue weighted by molar-refractivity contribution is -0.138. The van der Waals surface area contributed by atoms with Crippen molar-refractivity contribution < 1.29 is 22.7 Å². The smallest absolute Gasteiger partial charge is 0.334 e. The van der Waals surface area contributed by atoms with Crippen LogP contribution in [0.15, 0.2) is 23.8 Å². The maximum absolute atomic E-state index is 12.0. The second kappa shape index (κ2) is 7.01. The van der Waals surface area contributed by atoms with Gasteiger partial charge in [0.1, 0.15) is 0 Å². The molecule has 0 amide bonds. The zero-order valence-electron chi connectivity index (χ0n) is 13.3. The number of nitrogens with zero attached hydrogens (tertiary/aromatic N) is 1. The molecule has 0 saturated carbocycles. The third-order valence-corrected chi connectivity index (χ3v) is 4.69. The molecular formula is C15H20N2O5S. The van der Waals surface area contributed by atoms with E-state index in [1.165, 1.54) is 14.1 Å². The number of rotatable bonds is 5. The summed E-state index contributed by atoms with van der Waals surface area (Å²) >= 11 is 0. The van der Waals surface area contributed by atoms with E-state index in [9.17, 15) is 13.2 Å². The van der Waals surface area contributed by atoms with Gasteiger partial charge in [0, 0.05) is 31.7 Å². The van der Waals surface area contributed by atoms with Crippen LogP contribution in [0.5, 0.6) is 5.75 Å². The standard InChI is InChI=1S/C15H20N2O5S/c1-4-21-15(18)12-8-9-22-14-11(10-12)6-5-7-13(14)16-23(19,20)17(2)3/h5-7,10,16H,4,8-9H2,1-3H3. The van der Waals surface area contributed by atoms with Gasteiger partial charge in [-0.15, -0.1) is 0 Å². The van der Waals surface area contributed by atoms with Crippen molar-refractivity contribution in [1.82, 2.24) is 4.31 Å². The topological polar surface area (TPSA) is 84.9 Å². The highest BCUT2D eigenvalue weighted by Crippen LogP contribution is 2.34. The van der Waals surface area contributed by atoms with Gasteiger partial charge in [0.2, 0.25) is 0 Å². The van der Waals surface area contributed by atoms with Gasteiger partial charge in [-0.1, -0.05) is 12.1 Å². The highest BCUT2D eigenvalue weighted by atomic mass is 32.2. The van der Waals surface area contributed by atoms with E-state index in [2.05, 4.69) is 4.72 Å². The Bertz CT molecular complexity index is 725. The number of fused-ring (bicyclic) bond motifs is 1. The van der Waals surface area contributed by atoms with Gasteiger partial charge in [-0.25, -0.2) is 4.79 Å². The number of hydrogen-bond donors (Lipinski definition) is 1.